The van der Waals surface area contributed by atoms with Crippen molar-refractivity contribution < 1.29 is 0 Å². The molecule has 1 N–H and O–H groups in total. The van der Waals surface area contributed by atoms with Gasteiger partial charge in [-0.15, -0.1) is 11.3 Å². The molecule has 0 fully saturated rings. The highest BCUT2D eigenvalue weighted by molar-refractivity contribution is 7.16. The van der Waals surface area contributed by atoms with Crippen molar-refractivity contribution in [2.75, 3.05) is 6.54 Å². The van der Waals surface area contributed by atoms with Gasteiger partial charge in [0.05, 0.1) is 4.34 Å². The molecular formula is C12H16ClN3S. The predicted octanol–water partition coefficient (Wildman–Crippen LogP) is 2.95. The highest BCUT2D eigenvalue weighted by Gasteiger charge is 2.00. The van der Waals surface area contributed by atoms with Gasteiger partial charge in [-0.1, -0.05) is 18.5 Å². The molecule has 0 bridgehead atoms. The zero-order valence-electron chi connectivity index (χ0n) is 9.82. The van der Waals surface area contributed by atoms with Crippen molar-refractivity contribution in [1.29, 1.82) is 0 Å². The topological polar surface area (TPSA) is 29.9 Å². The molecule has 2 rings (SSSR count). The maximum Gasteiger partial charge on any atom is 0.108 e. The number of thiophene rings is 1. The van der Waals surface area contributed by atoms with Gasteiger partial charge in [0.25, 0.3) is 0 Å². The Labute approximate surface area is 110 Å². The van der Waals surface area contributed by atoms with Gasteiger partial charge in [0.15, 0.2) is 0 Å². The first-order chi connectivity index (χ1) is 8.29. The third kappa shape index (κ3) is 3.56. The summed E-state index contributed by atoms with van der Waals surface area (Å²) in [5.74, 6) is 1.14. The summed E-state index contributed by atoms with van der Waals surface area (Å²) in [6.07, 6.45) is 4.87. The summed E-state index contributed by atoms with van der Waals surface area (Å²) in [6.45, 7) is 4.91. The molecule has 0 aliphatic rings. The summed E-state index contributed by atoms with van der Waals surface area (Å²) >= 11 is 7.50. The number of hydrogen-bond donors (Lipinski definition) is 1. The highest BCUT2D eigenvalue weighted by atomic mass is 35.5. The van der Waals surface area contributed by atoms with E-state index in [1.54, 1.807) is 11.3 Å². The summed E-state index contributed by atoms with van der Waals surface area (Å²) in [6, 6.07) is 4.00. The van der Waals surface area contributed by atoms with E-state index in [0.717, 1.165) is 36.2 Å². The van der Waals surface area contributed by atoms with Crippen LogP contribution < -0.4 is 5.32 Å². The minimum Gasteiger partial charge on any atom is -0.334 e. The molecule has 0 spiro atoms. The first-order valence-corrected chi connectivity index (χ1v) is 6.94. The number of nitrogens with zero attached hydrogens (tertiary/aromatic N) is 2. The fraction of sp³-hybridized carbons (Fsp3) is 0.417. The van der Waals surface area contributed by atoms with Gasteiger partial charge in [0.2, 0.25) is 0 Å². The van der Waals surface area contributed by atoms with Crippen molar-refractivity contribution >= 4 is 22.9 Å². The zero-order chi connectivity index (χ0) is 12.1. The van der Waals surface area contributed by atoms with E-state index < -0.39 is 0 Å². The van der Waals surface area contributed by atoms with E-state index in [1.165, 1.54) is 4.88 Å². The molecule has 5 heteroatoms. The average molecular weight is 270 g/mol. The summed E-state index contributed by atoms with van der Waals surface area (Å²) < 4.78 is 3.04. The van der Waals surface area contributed by atoms with Crippen LogP contribution in [-0.2, 0) is 19.5 Å². The Morgan fingerprint density at radius 2 is 2.35 bits per heavy atom. The summed E-state index contributed by atoms with van der Waals surface area (Å²) in [7, 11) is 0. The first kappa shape index (κ1) is 12.6. The molecule has 92 valence electrons. The monoisotopic (exact) mass is 269 g/mol. The Balaban J connectivity index is 1.73. The normalized spacial score (nSPS) is 10.9. The van der Waals surface area contributed by atoms with E-state index >= 15 is 0 Å². The minimum absolute atomic E-state index is 0.852. The van der Waals surface area contributed by atoms with Crippen LogP contribution in [0.2, 0.25) is 4.34 Å². The number of aromatic nitrogens is 2. The van der Waals surface area contributed by atoms with Crippen LogP contribution in [0.25, 0.3) is 0 Å². The van der Waals surface area contributed by atoms with Gasteiger partial charge in [-0.2, -0.15) is 0 Å². The minimum atomic E-state index is 0.852. The number of imidazole rings is 1. The molecule has 0 radical (unpaired) electrons. The Bertz CT molecular complexity index is 464. The van der Waals surface area contributed by atoms with Crippen LogP contribution in [0.15, 0.2) is 24.5 Å². The summed E-state index contributed by atoms with van der Waals surface area (Å²) in [4.78, 5) is 5.57. The van der Waals surface area contributed by atoms with E-state index in [-0.39, 0.29) is 0 Å². The molecule has 0 saturated heterocycles. The van der Waals surface area contributed by atoms with E-state index in [1.807, 2.05) is 18.5 Å². The van der Waals surface area contributed by atoms with Crippen molar-refractivity contribution in [3.63, 3.8) is 0 Å². The van der Waals surface area contributed by atoms with Crippen LogP contribution in [-0.4, -0.2) is 16.1 Å². The van der Waals surface area contributed by atoms with Gasteiger partial charge < -0.3 is 9.88 Å². The van der Waals surface area contributed by atoms with Gasteiger partial charge >= 0.3 is 0 Å². The van der Waals surface area contributed by atoms with Gasteiger partial charge in [0, 0.05) is 43.3 Å². The Kier molecular flexibility index (Phi) is 4.59. The van der Waals surface area contributed by atoms with Crippen molar-refractivity contribution in [2.45, 2.75) is 26.4 Å². The van der Waals surface area contributed by atoms with E-state index in [0.29, 0.717) is 0 Å². The van der Waals surface area contributed by atoms with Crippen LogP contribution in [0.4, 0.5) is 0 Å². The van der Waals surface area contributed by atoms with Crippen molar-refractivity contribution in [3.05, 3.63) is 39.6 Å². The first-order valence-electron chi connectivity index (χ1n) is 5.74. The second-order valence-electron chi connectivity index (χ2n) is 3.77. The van der Waals surface area contributed by atoms with Crippen LogP contribution in [0, 0.1) is 0 Å². The van der Waals surface area contributed by atoms with Crippen molar-refractivity contribution in [1.82, 2.24) is 14.9 Å². The summed E-state index contributed by atoms with van der Waals surface area (Å²) in [5.41, 5.74) is 0. The lowest BCUT2D eigenvalue weighted by atomic mass is 10.4. The van der Waals surface area contributed by atoms with Crippen LogP contribution in [0.5, 0.6) is 0 Å². The standard InChI is InChI=1S/C12H16ClN3S/c1-2-12-15-6-8-16(12)7-5-14-9-10-3-4-11(13)17-10/h3-4,6,8,14H,2,5,7,9H2,1H3. The quantitative estimate of drug-likeness (QED) is 0.817. The highest BCUT2D eigenvalue weighted by Crippen LogP contribution is 2.20. The van der Waals surface area contributed by atoms with E-state index in [4.69, 9.17) is 11.6 Å². The van der Waals surface area contributed by atoms with Gasteiger partial charge in [-0.3, -0.25) is 0 Å². The van der Waals surface area contributed by atoms with Crippen LogP contribution >= 0.6 is 22.9 Å². The Morgan fingerprint density at radius 1 is 1.47 bits per heavy atom. The molecule has 17 heavy (non-hydrogen) atoms. The fourth-order valence-corrected chi connectivity index (χ4v) is 2.77. The number of aryl methyl sites for hydroxylation is 1. The Hall–Kier alpha value is -0.840. The van der Waals surface area contributed by atoms with Crippen LogP contribution in [0.1, 0.15) is 17.6 Å². The van der Waals surface area contributed by atoms with Crippen molar-refractivity contribution in [2.24, 2.45) is 0 Å². The lowest BCUT2D eigenvalue weighted by Gasteiger charge is -2.07. The molecule has 0 amide bonds. The second kappa shape index (κ2) is 6.19. The SMILES string of the molecule is CCc1nccn1CCNCc1ccc(Cl)s1. The number of halogens is 1. The number of nitrogens with one attached hydrogen (secondary N) is 1. The largest absolute Gasteiger partial charge is 0.334 e. The van der Waals surface area contributed by atoms with Crippen LogP contribution in [0.3, 0.4) is 0 Å². The average Bonchev–Trinajstić information content (AvgIpc) is 2.93. The van der Waals surface area contributed by atoms with Gasteiger partial charge in [-0.05, 0) is 12.1 Å². The zero-order valence-corrected chi connectivity index (χ0v) is 11.4. The smallest absolute Gasteiger partial charge is 0.108 e. The predicted molar refractivity (Wildman–Crippen MR) is 72.6 cm³/mol. The second-order valence-corrected chi connectivity index (χ2v) is 5.57. The molecule has 2 aromatic rings. The van der Waals surface area contributed by atoms with Crippen molar-refractivity contribution in [3.8, 4) is 0 Å². The third-order valence-corrected chi connectivity index (χ3v) is 3.81. The third-order valence-electron chi connectivity index (χ3n) is 2.58. The van der Waals surface area contributed by atoms with E-state index in [2.05, 4.69) is 27.9 Å². The molecule has 0 aliphatic carbocycles. The maximum atomic E-state index is 5.87. The Morgan fingerprint density at radius 3 is 3.06 bits per heavy atom. The molecule has 2 heterocycles. The lowest BCUT2D eigenvalue weighted by molar-refractivity contribution is 0.583. The number of hydrogen-bond acceptors (Lipinski definition) is 3. The molecule has 0 saturated carbocycles. The number of rotatable bonds is 6. The lowest BCUT2D eigenvalue weighted by Crippen LogP contribution is -2.19. The fourth-order valence-electron chi connectivity index (χ4n) is 1.72. The van der Waals surface area contributed by atoms with E-state index in [9.17, 15) is 0 Å². The molecule has 2 aromatic heterocycles. The maximum absolute atomic E-state index is 5.87. The molecule has 0 atom stereocenters. The molecule has 0 aliphatic heterocycles. The molecular weight excluding hydrogens is 254 g/mol. The molecule has 0 aromatic carbocycles. The summed E-state index contributed by atoms with van der Waals surface area (Å²) in [5, 5.41) is 3.41. The van der Waals surface area contributed by atoms with Gasteiger partial charge in [0.1, 0.15) is 5.82 Å². The molecule has 0 unspecified atom stereocenters. The molecule has 3 nitrogen and oxygen atoms in total. The van der Waals surface area contributed by atoms with Gasteiger partial charge in [-0.25, -0.2) is 4.98 Å².